The minimum Gasteiger partial charge on any atom is -0.477 e. The molecule has 1 heterocycles. The molecule has 3 nitrogen and oxygen atoms in total. The summed E-state index contributed by atoms with van der Waals surface area (Å²) in [7, 11) is 1.78. The van der Waals surface area contributed by atoms with Crippen molar-refractivity contribution in [3.8, 4) is 0 Å². The molecular formula is C14H11NO2. The van der Waals surface area contributed by atoms with Crippen LogP contribution >= 0.6 is 0 Å². The van der Waals surface area contributed by atoms with Crippen LogP contribution in [-0.2, 0) is 7.05 Å². The lowest BCUT2D eigenvalue weighted by molar-refractivity contribution is 0.0687. The van der Waals surface area contributed by atoms with Gasteiger partial charge in [0, 0.05) is 18.0 Å². The van der Waals surface area contributed by atoms with Crippen LogP contribution in [0.3, 0.4) is 0 Å². The number of carboxylic acids is 1. The maximum absolute atomic E-state index is 11.1. The molecule has 3 heteroatoms. The number of aromatic carboxylic acids is 1. The highest BCUT2D eigenvalue weighted by molar-refractivity contribution is 6.09. The molecule has 1 aromatic heterocycles. The van der Waals surface area contributed by atoms with Crippen molar-refractivity contribution in [2.45, 2.75) is 0 Å². The van der Waals surface area contributed by atoms with E-state index in [4.69, 9.17) is 5.11 Å². The lowest BCUT2D eigenvalue weighted by Crippen LogP contribution is -2.03. The summed E-state index contributed by atoms with van der Waals surface area (Å²) >= 11 is 0. The molecule has 0 saturated carbocycles. The second kappa shape index (κ2) is 3.35. The van der Waals surface area contributed by atoms with Crippen LogP contribution in [0.1, 0.15) is 10.5 Å². The molecule has 1 N–H and O–H groups in total. The summed E-state index contributed by atoms with van der Waals surface area (Å²) in [4.78, 5) is 11.1. The molecule has 0 amide bonds. The molecule has 0 spiro atoms. The van der Waals surface area contributed by atoms with Crippen molar-refractivity contribution >= 4 is 27.6 Å². The Labute approximate surface area is 97.9 Å². The quantitative estimate of drug-likeness (QED) is 0.691. The monoisotopic (exact) mass is 225 g/mol. The summed E-state index contributed by atoms with van der Waals surface area (Å²) < 4.78 is 1.71. The molecule has 17 heavy (non-hydrogen) atoms. The minimum absolute atomic E-state index is 0.316. The largest absolute Gasteiger partial charge is 0.477 e. The van der Waals surface area contributed by atoms with Crippen molar-refractivity contribution in [2.24, 2.45) is 7.05 Å². The van der Waals surface area contributed by atoms with Crippen LogP contribution in [-0.4, -0.2) is 15.6 Å². The van der Waals surface area contributed by atoms with Crippen molar-refractivity contribution < 1.29 is 9.90 Å². The number of carboxylic acid groups (broad SMARTS) is 1. The van der Waals surface area contributed by atoms with Gasteiger partial charge in [0.25, 0.3) is 0 Å². The van der Waals surface area contributed by atoms with Gasteiger partial charge in [0.05, 0.1) is 0 Å². The number of rotatable bonds is 1. The van der Waals surface area contributed by atoms with E-state index in [0.717, 1.165) is 21.7 Å². The number of benzene rings is 2. The molecule has 0 saturated heterocycles. The zero-order valence-corrected chi connectivity index (χ0v) is 9.34. The van der Waals surface area contributed by atoms with Crippen molar-refractivity contribution in [1.29, 1.82) is 0 Å². The van der Waals surface area contributed by atoms with Crippen LogP contribution in [0.2, 0.25) is 0 Å². The summed E-state index contributed by atoms with van der Waals surface area (Å²) in [5.74, 6) is -0.896. The molecule has 0 aliphatic carbocycles. The van der Waals surface area contributed by atoms with Crippen molar-refractivity contribution in [3.05, 3.63) is 48.2 Å². The normalized spacial score (nSPS) is 11.1. The Kier molecular flexibility index (Phi) is 1.95. The third-order valence-corrected chi connectivity index (χ3v) is 3.17. The summed E-state index contributed by atoms with van der Waals surface area (Å²) in [6, 6.07) is 13.7. The van der Waals surface area contributed by atoms with E-state index in [9.17, 15) is 4.79 Å². The van der Waals surface area contributed by atoms with Gasteiger partial charge in [0.2, 0.25) is 0 Å². The van der Waals surface area contributed by atoms with Gasteiger partial charge in [-0.05, 0) is 22.9 Å². The molecule has 84 valence electrons. The van der Waals surface area contributed by atoms with Crippen LogP contribution in [0.15, 0.2) is 42.5 Å². The Hall–Kier alpha value is -2.29. The first-order valence-corrected chi connectivity index (χ1v) is 5.39. The summed E-state index contributed by atoms with van der Waals surface area (Å²) in [6.07, 6.45) is 0. The highest BCUT2D eigenvalue weighted by Crippen LogP contribution is 2.27. The molecule has 0 aliphatic rings. The lowest BCUT2D eigenvalue weighted by atomic mass is 10.1. The number of nitrogens with zero attached hydrogens (tertiary/aromatic N) is 1. The standard InChI is InChI=1S/C14H11NO2/c1-15-12-7-6-9-4-2-3-5-10(9)11(12)8-13(15)14(16)17/h2-8H,1H3,(H,16,17). The molecule has 3 aromatic rings. The van der Waals surface area contributed by atoms with E-state index in [1.54, 1.807) is 17.7 Å². The minimum atomic E-state index is -0.896. The Morgan fingerprint density at radius 3 is 2.65 bits per heavy atom. The van der Waals surface area contributed by atoms with Gasteiger partial charge >= 0.3 is 5.97 Å². The highest BCUT2D eigenvalue weighted by Gasteiger charge is 2.13. The summed E-state index contributed by atoms with van der Waals surface area (Å²) in [5, 5.41) is 12.3. The molecular weight excluding hydrogens is 214 g/mol. The Morgan fingerprint density at radius 1 is 1.12 bits per heavy atom. The van der Waals surface area contributed by atoms with Gasteiger partial charge in [0.1, 0.15) is 5.69 Å². The van der Waals surface area contributed by atoms with Gasteiger partial charge < -0.3 is 9.67 Å². The molecule has 0 atom stereocenters. The van der Waals surface area contributed by atoms with Crippen LogP contribution in [0, 0.1) is 0 Å². The van der Waals surface area contributed by atoms with Gasteiger partial charge in [-0.1, -0.05) is 30.3 Å². The average Bonchev–Trinajstić information content (AvgIpc) is 2.67. The fourth-order valence-corrected chi connectivity index (χ4v) is 2.30. The Bertz CT molecular complexity index is 740. The fraction of sp³-hybridized carbons (Fsp3) is 0.0714. The van der Waals surface area contributed by atoms with Crippen LogP contribution in [0.25, 0.3) is 21.7 Å². The molecule has 0 unspecified atom stereocenters. The zero-order valence-electron chi connectivity index (χ0n) is 9.34. The number of aryl methyl sites for hydroxylation is 1. The molecule has 3 rings (SSSR count). The number of carbonyl (C=O) groups is 1. The predicted molar refractivity (Wildman–Crippen MR) is 67.4 cm³/mol. The SMILES string of the molecule is Cn1c(C(=O)O)cc2c3ccccc3ccc21. The zero-order chi connectivity index (χ0) is 12.0. The first-order valence-electron chi connectivity index (χ1n) is 5.39. The van der Waals surface area contributed by atoms with Gasteiger partial charge in [-0.25, -0.2) is 4.79 Å². The second-order valence-corrected chi connectivity index (χ2v) is 4.11. The number of hydrogen-bond donors (Lipinski definition) is 1. The van der Waals surface area contributed by atoms with Crippen LogP contribution in [0.4, 0.5) is 0 Å². The van der Waals surface area contributed by atoms with E-state index in [-0.39, 0.29) is 0 Å². The van der Waals surface area contributed by atoms with E-state index in [2.05, 4.69) is 0 Å². The Morgan fingerprint density at radius 2 is 1.88 bits per heavy atom. The van der Waals surface area contributed by atoms with Gasteiger partial charge in [-0.3, -0.25) is 0 Å². The smallest absolute Gasteiger partial charge is 0.352 e. The molecule has 2 aromatic carbocycles. The fourth-order valence-electron chi connectivity index (χ4n) is 2.30. The van der Waals surface area contributed by atoms with Crippen molar-refractivity contribution in [1.82, 2.24) is 4.57 Å². The van der Waals surface area contributed by atoms with Crippen molar-refractivity contribution in [3.63, 3.8) is 0 Å². The number of hydrogen-bond acceptors (Lipinski definition) is 1. The van der Waals surface area contributed by atoms with E-state index < -0.39 is 5.97 Å². The third kappa shape index (κ3) is 1.32. The third-order valence-electron chi connectivity index (χ3n) is 3.17. The van der Waals surface area contributed by atoms with E-state index in [1.165, 1.54) is 0 Å². The first-order chi connectivity index (χ1) is 8.18. The Balaban J connectivity index is 2.51. The van der Waals surface area contributed by atoms with Gasteiger partial charge in [0.15, 0.2) is 0 Å². The lowest BCUT2D eigenvalue weighted by Gasteiger charge is -2.01. The van der Waals surface area contributed by atoms with E-state index >= 15 is 0 Å². The average molecular weight is 225 g/mol. The molecule has 0 aliphatic heterocycles. The highest BCUT2D eigenvalue weighted by atomic mass is 16.4. The number of aromatic nitrogens is 1. The molecule has 0 bridgehead atoms. The van der Waals surface area contributed by atoms with Gasteiger partial charge in [-0.2, -0.15) is 0 Å². The van der Waals surface area contributed by atoms with Gasteiger partial charge in [-0.15, -0.1) is 0 Å². The molecule has 0 fully saturated rings. The summed E-state index contributed by atoms with van der Waals surface area (Å²) in [6.45, 7) is 0. The van der Waals surface area contributed by atoms with Crippen molar-refractivity contribution in [2.75, 3.05) is 0 Å². The topological polar surface area (TPSA) is 42.2 Å². The maximum Gasteiger partial charge on any atom is 0.352 e. The second-order valence-electron chi connectivity index (χ2n) is 4.11. The maximum atomic E-state index is 11.1. The molecule has 0 radical (unpaired) electrons. The van der Waals surface area contributed by atoms with Crippen LogP contribution in [0.5, 0.6) is 0 Å². The summed E-state index contributed by atoms with van der Waals surface area (Å²) in [5.41, 5.74) is 1.26. The number of fused-ring (bicyclic) bond motifs is 3. The van der Waals surface area contributed by atoms with Crippen LogP contribution < -0.4 is 0 Å². The first kappa shape index (κ1) is 9.90. The predicted octanol–water partition coefficient (Wildman–Crippen LogP) is 3.03. The van der Waals surface area contributed by atoms with E-state index in [0.29, 0.717) is 5.69 Å². The van der Waals surface area contributed by atoms with E-state index in [1.807, 2.05) is 36.4 Å².